The van der Waals surface area contributed by atoms with Crippen molar-refractivity contribution >= 4 is 11.6 Å². The fourth-order valence-corrected chi connectivity index (χ4v) is 2.16. The van der Waals surface area contributed by atoms with Crippen molar-refractivity contribution in [1.82, 2.24) is 5.32 Å². The lowest BCUT2D eigenvalue weighted by Crippen LogP contribution is -2.35. The maximum atomic E-state index is 13.0. The quantitative estimate of drug-likeness (QED) is 0.820. The predicted octanol–water partition coefficient (Wildman–Crippen LogP) is 1.94. The van der Waals surface area contributed by atoms with Crippen molar-refractivity contribution in [2.75, 3.05) is 11.9 Å². The summed E-state index contributed by atoms with van der Waals surface area (Å²) in [6.45, 7) is -0.571. The summed E-state index contributed by atoms with van der Waals surface area (Å²) in [6.07, 6.45) is -4.36. The van der Waals surface area contributed by atoms with Gasteiger partial charge in [0.25, 0.3) is 5.92 Å². The van der Waals surface area contributed by atoms with Crippen molar-refractivity contribution in [2.24, 2.45) is 0 Å². The zero-order chi connectivity index (χ0) is 15.3. The summed E-state index contributed by atoms with van der Waals surface area (Å²) < 4.78 is 60.1. The third-order valence-electron chi connectivity index (χ3n) is 3.10. The third-order valence-corrected chi connectivity index (χ3v) is 3.10. The summed E-state index contributed by atoms with van der Waals surface area (Å²) in [4.78, 5) is 11.8. The molecule has 1 amide bonds. The van der Waals surface area contributed by atoms with Crippen LogP contribution in [0.15, 0.2) is 18.2 Å². The van der Waals surface area contributed by atoms with Crippen LogP contribution in [-0.2, 0) is 4.79 Å². The lowest BCUT2D eigenvalue weighted by Gasteiger charge is -2.11. The minimum Gasteiger partial charge on any atom is -0.395 e. The Hall–Kier alpha value is -2.03. The van der Waals surface area contributed by atoms with Gasteiger partial charge in [-0.1, -0.05) is 0 Å². The van der Waals surface area contributed by atoms with Crippen LogP contribution in [0.25, 0.3) is 0 Å². The number of amides is 1. The van der Waals surface area contributed by atoms with Gasteiger partial charge in [0, 0.05) is 18.2 Å². The van der Waals surface area contributed by atoms with Crippen molar-refractivity contribution in [2.45, 2.75) is 24.7 Å². The normalized spacial score (nSPS) is 24.9. The Morgan fingerprint density at radius 1 is 1.24 bits per heavy atom. The van der Waals surface area contributed by atoms with Crippen LogP contribution in [-0.4, -0.2) is 30.7 Å². The van der Waals surface area contributed by atoms with Crippen molar-refractivity contribution < 1.29 is 31.8 Å². The van der Waals surface area contributed by atoms with E-state index in [-0.39, 0.29) is 17.2 Å². The second-order valence-corrected chi connectivity index (χ2v) is 4.81. The molecule has 1 unspecified atom stereocenters. The van der Waals surface area contributed by atoms with E-state index < -0.39 is 37.1 Å². The van der Waals surface area contributed by atoms with Gasteiger partial charge in [-0.05, 0) is 12.1 Å². The number of carbonyl (C=O) groups is 1. The van der Waals surface area contributed by atoms with Crippen molar-refractivity contribution in [3.8, 4) is 11.5 Å². The van der Waals surface area contributed by atoms with E-state index in [2.05, 4.69) is 20.1 Å². The lowest BCUT2D eigenvalue weighted by atomic mass is 10.2. The summed E-state index contributed by atoms with van der Waals surface area (Å²) >= 11 is 0. The molecule has 2 N–H and O–H groups in total. The molecule has 9 heteroatoms. The van der Waals surface area contributed by atoms with E-state index in [1.165, 1.54) is 12.1 Å². The summed E-state index contributed by atoms with van der Waals surface area (Å²) in [5, 5.41) is 4.76. The molecule has 2 aliphatic rings. The molecule has 0 saturated carbocycles. The van der Waals surface area contributed by atoms with Gasteiger partial charge in [0.05, 0.1) is 12.6 Å². The second-order valence-electron chi connectivity index (χ2n) is 4.81. The predicted molar refractivity (Wildman–Crippen MR) is 62.6 cm³/mol. The summed E-state index contributed by atoms with van der Waals surface area (Å²) in [6, 6.07) is 2.62. The zero-order valence-corrected chi connectivity index (χ0v) is 10.5. The molecule has 0 radical (unpaired) electrons. The molecule has 0 bridgehead atoms. The molecule has 114 valence electrons. The highest BCUT2D eigenvalue weighted by atomic mass is 19.3. The lowest BCUT2D eigenvalue weighted by molar-refractivity contribution is -0.286. The Morgan fingerprint density at radius 2 is 1.95 bits per heavy atom. The highest BCUT2D eigenvalue weighted by Crippen LogP contribution is 2.42. The number of nitrogens with one attached hydrogen (secondary N) is 2. The van der Waals surface area contributed by atoms with Crippen LogP contribution >= 0.6 is 0 Å². The van der Waals surface area contributed by atoms with E-state index in [0.29, 0.717) is 0 Å². The molecule has 2 aliphatic heterocycles. The zero-order valence-electron chi connectivity index (χ0n) is 10.5. The number of hydrogen-bond donors (Lipinski definition) is 2. The SMILES string of the molecule is O=C(Nc1ccc2c(c1)OC(F)(F)O2)C1CC(F)(F)CN1. The van der Waals surface area contributed by atoms with E-state index in [0.717, 1.165) is 6.07 Å². The molecule has 1 fully saturated rings. The molecular weight excluding hydrogens is 296 g/mol. The van der Waals surface area contributed by atoms with Gasteiger partial charge in [-0.15, -0.1) is 8.78 Å². The first kappa shape index (κ1) is 13.9. The maximum Gasteiger partial charge on any atom is 0.586 e. The monoisotopic (exact) mass is 306 g/mol. The first-order chi connectivity index (χ1) is 9.74. The average molecular weight is 306 g/mol. The minimum absolute atomic E-state index is 0.150. The largest absolute Gasteiger partial charge is 0.586 e. The minimum atomic E-state index is -3.75. The topological polar surface area (TPSA) is 59.6 Å². The van der Waals surface area contributed by atoms with Crippen LogP contribution in [0.3, 0.4) is 0 Å². The molecule has 1 atom stereocenters. The molecule has 2 heterocycles. The summed E-state index contributed by atoms with van der Waals surface area (Å²) in [5.41, 5.74) is 0.150. The summed E-state index contributed by atoms with van der Waals surface area (Å²) in [7, 11) is 0. The highest BCUT2D eigenvalue weighted by Gasteiger charge is 2.44. The number of alkyl halides is 4. The fourth-order valence-electron chi connectivity index (χ4n) is 2.16. The van der Waals surface area contributed by atoms with Gasteiger partial charge in [-0.2, -0.15) is 0 Å². The van der Waals surface area contributed by atoms with Crippen LogP contribution < -0.4 is 20.1 Å². The van der Waals surface area contributed by atoms with Gasteiger partial charge in [0.2, 0.25) is 5.91 Å². The molecule has 3 rings (SSSR count). The Morgan fingerprint density at radius 3 is 2.62 bits per heavy atom. The van der Waals surface area contributed by atoms with E-state index >= 15 is 0 Å². The van der Waals surface area contributed by atoms with Crippen LogP contribution in [0.4, 0.5) is 23.2 Å². The van der Waals surface area contributed by atoms with Gasteiger partial charge < -0.3 is 14.8 Å². The van der Waals surface area contributed by atoms with E-state index in [1.54, 1.807) is 0 Å². The molecule has 0 spiro atoms. The van der Waals surface area contributed by atoms with Gasteiger partial charge in [0.1, 0.15) is 0 Å². The number of rotatable bonds is 2. The second kappa shape index (κ2) is 4.48. The molecule has 1 aromatic carbocycles. The molecular formula is C12H10F4N2O3. The first-order valence-electron chi connectivity index (χ1n) is 6.06. The number of ether oxygens (including phenoxy) is 2. The molecule has 1 aromatic rings. The standard InChI is InChI=1S/C12H10F4N2O3/c13-11(14)4-7(17-5-11)10(19)18-6-1-2-8-9(3-6)21-12(15,16)20-8/h1-3,7,17H,4-5H2,(H,18,19). The molecule has 0 aliphatic carbocycles. The molecule has 1 saturated heterocycles. The Kier molecular flexibility index (Phi) is 2.97. The number of carbonyl (C=O) groups excluding carboxylic acids is 1. The van der Waals surface area contributed by atoms with Gasteiger partial charge in [-0.3, -0.25) is 10.1 Å². The van der Waals surface area contributed by atoms with Gasteiger partial charge in [-0.25, -0.2) is 8.78 Å². The average Bonchev–Trinajstić information content (AvgIpc) is 2.86. The van der Waals surface area contributed by atoms with Crippen LogP contribution in [0.1, 0.15) is 6.42 Å². The van der Waals surface area contributed by atoms with Gasteiger partial charge >= 0.3 is 6.29 Å². The van der Waals surface area contributed by atoms with Crippen molar-refractivity contribution in [3.05, 3.63) is 18.2 Å². The van der Waals surface area contributed by atoms with Gasteiger partial charge in [0.15, 0.2) is 11.5 Å². The number of anilines is 1. The molecule has 0 aromatic heterocycles. The van der Waals surface area contributed by atoms with E-state index in [9.17, 15) is 22.4 Å². The third kappa shape index (κ3) is 2.87. The number of benzene rings is 1. The fraction of sp³-hybridized carbons (Fsp3) is 0.417. The Balaban J connectivity index is 1.68. The van der Waals surface area contributed by atoms with Crippen LogP contribution in [0.5, 0.6) is 11.5 Å². The van der Waals surface area contributed by atoms with E-state index in [1.807, 2.05) is 0 Å². The maximum absolute atomic E-state index is 13.0. The highest BCUT2D eigenvalue weighted by molar-refractivity contribution is 5.95. The van der Waals surface area contributed by atoms with Crippen LogP contribution in [0.2, 0.25) is 0 Å². The number of halogens is 4. The van der Waals surface area contributed by atoms with Crippen molar-refractivity contribution in [1.29, 1.82) is 0 Å². The first-order valence-corrected chi connectivity index (χ1v) is 6.06. The Labute approximate surface area is 116 Å². The Bertz CT molecular complexity index is 594. The van der Waals surface area contributed by atoms with E-state index in [4.69, 9.17) is 0 Å². The number of fused-ring (bicyclic) bond motifs is 1. The smallest absolute Gasteiger partial charge is 0.395 e. The summed E-state index contributed by atoms with van der Waals surface area (Å²) in [5.74, 6) is -4.00. The molecule has 5 nitrogen and oxygen atoms in total. The van der Waals surface area contributed by atoms with Crippen LogP contribution in [0, 0.1) is 0 Å². The number of hydrogen-bond acceptors (Lipinski definition) is 4. The molecule has 21 heavy (non-hydrogen) atoms. The van der Waals surface area contributed by atoms with Crippen molar-refractivity contribution in [3.63, 3.8) is 0 Å².